The summed E-state index contributed by atoms with van der Waals surface area (Å²) in [5.41, 5.74) is 0.935. The number of thiophene rings is 1. The first-order chi connectivity index (χ1) is 7.27. The summed E-state index contributed by atoms with van der Waals surface area (Å²) in [6.07, 6.45) is 1.07. The van der Waals surface area contributed by atoms with Gasteiger partial charge in [0.05, 0.1) is 0 Å². The molecule has 0 saturated heterocycles. The van der Waals surface area contributed by atoms with Crippen LogP contribution in [0, 0.1) is 11.8 Å². The largest absolute Gasteiger partial charge is 0.294 e. The van der Waals surface area contributed by atoms with Crippen molar-refractivity contribution in [2.45, 2.75) is 13.3 Å². The van der Waals surface area contributed by atoms with Crippen molar-refractivity contribution < 1.29 is 4.79 Å². The number of Topliss-reactive ketones (excluding diaryl/α,β-unsaturated/α-hetero) is 1. The van der Waals surface area contributed by atoms with E-state index in [-0.39, 0.29) is 0 Å². The highest BCUT2D eigenvalue weighted by Crippen LogP contribution is 2.42. The van der Waals surface area contributed by atoms with Gasteiger partial charge in [0.2, 0.25) is 0 Å². The molecule has 0 amide bonds. The van der Waals surface area contributed by atoms with E-state index >= 15 is 0 Å². The number of hydrogen-bond donors (Lipinski definition) is 0. The molecule has 15 heavy (non-hydrogen) atoms. The fourth-order valence-electron chi connectivity index (χ4n) is 2.06. The van der Waals surface area contributed by atoms with Crippen LogP contribution in [0.25, 0.3) is 10.1 Å². The van der Waals surface area contributed by atoms with Gasteiger partial charge in [0.25, 0.3) is 0 Å². The van der Waals surface area contributed by atoms with Crippen molar-refractivity contribution in [2.24, 2.45) is 11.8 Å². The molecule has 1 nitrogen and oxygen atoms in total. The van der Waals surface area contributed by atoms with Crippen molar-refractivity contribution in [2.75, 3.05) is 0 Å². The predicted molar refractivity (Wildman–Crippen MR) is 63.4 cm³/mol. The molecule has 2 heteroatoms. The Morgan fingerprint density at radius 3 is 2.87 bits per heavy atom. The number of ketones is 1. The Morgan fingerprint density at radius 2 is 2.13 bits per heavy atom. The molecule has 76 valence electrons. The number of fused-ring (bicyclic) bond motifs is 1. The Bertz CT molecular complexity index is 526. The molecule has 0 aliphatic heterocycles. The molecule has 1 aromatic carbocycles. The number of rotatable bonds is 2. The Hall–Kier alpha value is -1.15. The van der Waals surface area contributed by atoms with Gasteiger partial charge in [0.1, 0.15) is 0 Å². The molecule has 3 rings (SSSR count). The maximum atomic E-state index is 12.1. The van der Waals surface area contributed by atoms with E-state index in [1.807, 2.05) is 23.6 Å². The van der Waals surface area contributed by atoms with E-state index in [0.29, 0.717) is 17.6 Å². The van der Waals surface area contributed by atoms with Gasteiger partial charge in [0, 0.05) is 26.9 Å². The second-order valence-corrected chi connectivity index (χ2v) is 5.24. The molecular formula is C13H12OS. The van der Waals surface area contributed by atoms with Crippen molar-refractivity contribution in [3.63, 3.8) is 0 Å². The lowest BCUT2D eigenvalue weighted by atomic mass is 10.1. The molecule has 2 unspecified atom stereocenters. The van der Waals surface area contributed by atoms with Gasteiger partial charge in [-0.3, -0.25) is 4.79 Å². The zero-order valence-corrected chi connectivity index (χ0v) is 9.38. The minimum atomic E-state index is 0.294. The van der Waals surface area contributed by atoms with Gasteiger partial charge in [0.15, 0.2) is 5.78 Å². The summed E-state index contributed by atoms with van der Waals surface area (Å²) >= 11 is 1.67. The Balaban J connectivity index is 2.07. The summed E-state index contributed by atoms with van der Waals surface area (Å²) < 4.78 is 1.22. The van der Waals surface area contributed by atoms with Crippen LogP contribution in [0.15, 0.2) is 29.6 Å². The van der Waals surface area contributed by atoms with Crippen LogP contribution in [-0.4, -0.2) is 5.78 Å². The van der Waals surface area contributed by atoms with Gasteiger partial charge in [-0.25, -0.2) is 0 Å². The summed E-state index contributed by atoms with van der Waals surface area (Å²) in [4.78, 5) is 12.1. The third kappa shape index (κ3) is 1.40. The van der Waals surface area contributed by atoms with Gasteiger partial charge >= 0.3 is 0 Å². The van der Waals surface area contributed by atoms with Gasteiger partial charge in [-0.15, -0.1) is 11.3 Å². The smallest absolute Gasteiger partial charge is 0.167 e. The molecular weight excluding hydrogens is 204 g/mol. The van der Waals surface area contributed by atoms with Crippen LogP contribution in [0.1, 0.15) is 23.7 Å². The van der Waals surface area contributed by atoms with E-state index < -0.39 is 0 Å². The predicted octanol–water partition coefficient (Wildman–Crippen LogP) is 3.74. The second-order valence-electron chi connectivity index (χ2n) is 4.33. The van der Waals surface area contributed by atoms with Crippen molar-refractivity contribution in [1.29, 1.82) is 0 Å². The second kappa shape index (κ2) is 3.17. The lowest BCUT2D eigenvalue weighted by Gasteiger charge is -1.96. The van der Waals surface area contributed by atoms with Gasteiger partial charge in [-0.05, 0) is 18.4 Å². The Morgan fingerprint density at radius 1 is 1.40 bits per heavy atom. The standard InChI is InChI=1S/C13H12OS/c1-8-6-10(8)13(14)11-7-15-12-5-3-2-4-9(11)12/h2-5,7-8,10H,6H2,1H3. The van der Waals surface area contributed by atoms with Crippen LogP contribution in [0.4, 0.5) is 0 Å². The topological polar surface area (TPSA) is 17.1 Å². The lowest BCUT2D eigenvalue weighted by molar-refractivity contribution is 0.0964. The maximum Gasteiger partial charge on any atom is 0.167 e. The zero-order chi connectivity index (χ0) is 10.4. The molecule has 2 aromatic rings. The summed E-state index contributed by atoms with van der Waals surface area (Å²) in [5, 5.41) is 3.14. The Labute approximate surface area is 92.7 Å². The normalized spacial score (nSPS) is 24.3. The fourth-order valence-corrected chi connectivity index (χ4v) is 3.01. The highest BCUT2D eigenvalue weighted by Gasteiger charge is 2.39. The van der Waals surface area contributed by atoms with Crippen molar-refractivity contribution >= 4 is 27.2 Å². The van der Waals surface area contributed by atoms with Gasteiger partial charge < -0.3 is 0 Å². The van der Waals surface area contributed by atoms with Gasteiger partial charge in [-0.1, -0.05) is 25.1 Å². The molecule has 0 N–H and O–H groups in total. The highest BCUT2D eigenvalue weighted by molar-refractivity contribution is 7.17. The maximum absolute atomic E-state index is 12.1. The molecule has 0 radical (unpaired) electrons. The van der Waals surface area contributed by atoms with Crippen molar-refractivity contribution in [3.05, 3.63) is 35.2 Å². The summed E-state index contributed by atoms with van der Waals surface area (Å²) in [6.45, 7) is 2.15. The fraction of sp³-hybridized carbons (Fsp3) is 0.308. The minimum Gasteiger partial charge on any atom is -0.294 e. The minimum absolute atomic E-state index is 0.294. The Kier molecular flexibility index (Phi) is 1.93. The van der Waals surface area contributed by atoms with E-state index in [2.05, 4.69) is 13.0 Å². The third-order valence-corrected chi connectivity index (χ3v) is 4.16. The molecule has 1 aliphatic carbocycles. The zero-order valence-electron chi connectivity index (χ0n) is 8.57. The molecule has 1 heterocycles. The third-order valence-electron chi connectivity index (χ3n) is 3.19. The molecule has 2 atom stereocenters. The first kappa shape index (κ1) is 9.10. The summed E-state index contributed by atoms with van der Waals surface area (Å²) in [6, 6.07) is 8.15. The van der Waals surface area contributed by atoms with Crippen molar-refractivity contribution in [1.82, 2.24) is 0 Å². The monoisotopic (exact) mass is 216 g/mol. The van der Waals surface area contributed by atoms with Gasteiger partial charge in [-0.2, -0.15) is 0 Å². The van der Waals surface area contributed by atoms with Crippen LogP contribution in [0.3, 0.4) is 0 Å². The molecule has 1 fully saturated rings. The first-order valence-corrected chi connectivity index (χ1v) is 6.16. The molecule has 0 bridgehead atoms. The average Bonchev–Trinajstić information content (AvgIpc) is 2.83. The molecule has 1 aliphatic rings. The highest BCUT2D eigenvalue weighted by atomic mass is 32.1. The lowest BCUT2D eigenvalue weighted by Crippen LogP contribution is -2.01. The van der Waals surface area contributed by atoms with Crippen LogP contribution in [-0.2, 0) is 0 Å². The summed E-state index contributed by atoms with van der Waals surface area (Å²) in [7, 11) is 0. The van der Waals surface area contributed by atoms with Crippen LogP contribution in [0.2, 0.25) is 0 Å². The number of carbonyl (C=O) groups excluding carboxylic acids is 1. The van der Waals surface area contributed by atoms with Crippen LogP contribution >= 0.6 is 11.3 Å². The number of hydrogen-bond acceptors (Lipinski definition) is 2. The van der Waals surface area contributed by atoms with Crippen LogP contribution < -0.4 is 0 Å². The van der Waals surface area contributed by atoms with E-state index in [4.69, 9.17) is 0 Å². The first-order valence-electron chi connectivity index (χ1n) is 5.28. The average molecular weight is 216 g/mol. The van der Waals surface area contributed by atoms with E-state index in [0.717, 1.165) is 17.4 Å². The molecule has 1 saturated carbocycles. The quantitative estimate of drug-likeness (QED) is 0.699. The molecule has 1 aromatic heterocycles. The van der Waals surface area contributed by atoms with E-state index in [1.165, 1.54) is 4.70 Å². The molecule has 0 spiro atoms. The van der Waals surface area contributed by atoms with Crippen LogP contribution in [0.5, 0.6) is 0 Å². The van der Waals surface area contributed by atoms with E-state index in [9.17, 15) is 4.79 Å². The summed E-state index contributed by atoms with van der Waals surface area (Å²) in [5.74, 6) is 1.24. The van der Waals surface area contributed by atoms with E-state index in [1.54, 1.807) is 11.3 Å². The number of carbonyl (C=O) groups is 1. The SMILES string of the molecule is CC1CC1C(=O)c1csc2ccccc12. The van der Waals surface area contributed by atoms with Crippen molar-refractivity contribution in [3.8, 4) is 0 Å². The number of benzene rings is 1.